The molecule has 0 N–H and O–H groups in total. The van der Waals surface area contributed by atoms with Crippen LogP contribution in [-0.4, -0.2) is 27.5 Å². The molecular formula is C21H20ClN3O2. The van der Waals surface area contributed by atoms with Crippen molar-refractivity contribution in [3.63, 3.8) is 0 Å². The van der Waals surface area contributed by atoms with E-state index in [4.69, 9.17) is 16.1 Å². The summed E-state index contributed by atoms with van der Waals surface area (Å²) in [5.41, 5.74) is 2.31. The lowest BCUT2D eigenvalue weighted by Gasteiger charge is -2.33. The normalized spacial score (nSPS) is 17.1. The first kappa shape index (κ1) is 17.7. The van der Waals surface area contributed by atoms with Gasteiger partial charge in [-0.1, -0.05) is 53.2 Å². The maximum atomic E-state index is 13.2. The van der Waals surface area contributed by atoms with E-state index in [1.165, 1.54) is 0 Å². The van der Waals surface area contributed by atoms with Crippen LogP contribution in [0, 0.1) is 6.92 Å². The predicted octanol–water partition coefficient (Wildman–Crippen LogP) is 5.07. The maximum Gasteiger partial charge on any atom is 0.254 e. The second-order valence-electron chi connectivity index (χ2n) is 6.74. The van der Waals surface area contributed by atoms with Crippen molar-refractivity contribution < 1.29 is 9.32 Å². The Morgan fingerprint density at radius 3 is 2.78 bits per heavy atom. The van der Waals surface area contributed by atoms with E-state index in [1.54, 1.807) is 6.07 Å². The molecule has 5 nitrogen and oxygen atoms in total. The highest BCUT2D eigenvalue weighted by Crippen LogP contribution is 2.33. The number of carbonyl (C=O) groups is 1. The number of halogens is 1. The maximum absolute atomic E-state index is 13.2. The van der Waals surface area contributed by atoms with E-state index >= 15 is 0 Å². The van der Waals surface area contributed by atoms with Crippen molar-refractivity contribution >= 4 is 17.5 Å². The van der Waals surface area contributed by atoms with Gasteiger partial charge in [0, 0.05) is 22.7 Å². The van der Waals surface area contributed by atoms with Crippen molar-refractivity contribution in [1.29, 1.82) is 0 Å². The van der Waals surface area contributed by atoms with Gasteiger partial charge >= 0.3 is 0 Å². The van der Waals surface area contributed by atoms with Crippen molar-refractivity contribution in [2.24, 2.45) is 0 Å². The van der Waals surface area contributed by atoms with Crippen LogP contribution in [0.25, 0.3) is 11.4 Å². The highest BCUT2D eigenvalue weighted by atomic mass is 35.5. The molecule has 1 aliphatic rings. The molecule has 0 saturated carbocycles. The summed E-state index contributed by atoms with van der Waals surface area (Å²) in [4.78, 5) is 19.6. The average molecular weight is 382 g/mol. The number of piperidine rings is 1. The number of aromatic nitrogens is 2. The second-order valence-corrected chi connectivity index (χ2v) is 7.15. The third kappa shape index (κ3) is 3.47. The molecule has 27 heavy (non-hydrogen) atoms. The molecule has 0 bridgehead atoms. The second kappa shape index (κ2) is 7.53. The summed E-state index contributed by atoms with van der Waals surface area (Å²) in [6.07, 6.45) is 2.79. The molecule has 2 heterocycles. The first-order chi connectivity index (χ1) is 13.1. The molecule has 1 atom stereocenters. The smallest absolute Gasteiger partial charge is 0.254 e. The minimum atomic E-state index is -0.213. The highest BCUT2D eigenvalue weighted by molar-refractivity contribution is 6.31. The fourth-order valence-corrected chi connectivity index (χ4v) is 3.67. The molecular weight excluding hydrogens is 362 g/mol. The third-order valence-corrected chi connectivity index (χ3v) is 5.43. The largest absolute Gasteiger partial charge is 0.337 e. The molecule has 4 rings (SSSR count). The minimum absolute atomic E-state index is 0.0424. The quantitative estimate of drug-likeness (QED) is 0.635. The molecule has 0 unspecified atom stereocenters. The number of carbonyl (C=O) groups excluding carboxylic acids is 1. The van der Waals surface area contributed by atoms with Gasteiger partial charge in [0.1, 0.15) is 6.04 Å². The van der Waals surface area contributed by atoms with Gasteiger partial charge in [0.2, 0.25) is 11.7 Å². The Labute approximate surface area is 163 Å². The van der Waals surface area contributed by atoms with E-state index in [1.807, 2.05) is 54.3 Å². The molecule has 1 aliphatic heterocycles. The Balaban J connectivity index is 1.64. The lowest BCUT2D eigenvalue weighted by Crippen LogP contribution is -2.39. The Bertz CT molecular complexity index is 955. The zero-order chi connectivity index (χ0) is 18.8. The number of nitrogens with zero attached hydrogens (tertiary/aromatic N) is 3. The molecule has 1 aromatic heterocycles. The first-order valence-corrected chi connectivity index (χ1v) is 9.48. The average Bonchev–Trinajstić information content (AvgIpc) is 3.20. The highest BCUT2D eigenvalue weighted by Gasteiger charge is 2.33. The first-order valence-electron chi connectivity index (χ1n) is 9.10. The third-order valence-electron chi connectivity index (χ3n) is 5.02. The minimum Gasteiger partial charge on any atom is -0.337 e. The number of hydrogen-bond acceptors (Lipinski definition) is 4. The number of hydrogen-bond donors (Lipinski definition) is 0. The summed E-state index contributed by atoms with van der Waals surface area (Å²) < 4.78 is 5.55. The lowest BCUT2D eigenvalue weighted by molar-refractivity contribution is 0.0560. The van der Waals surface area contributed by atoms with Crippen LogP contribution in [0.3, 0.4) is 0 Å². The van der Waals surface area contributed by atoms with Gasteiger partial charge in [0.05, 0.1) is 0 Å². The molecule has 0 spiro atoms. The van der Waals surface area contributed by atoms with Crippen LogP contribution in [0.2, 0.25) is 5.02 Å². The van der Waals surface area contributed by atoms with Gasteiger partial charge in [0.25, 0.3) is 5.91 Å². The molecule has 1 fully saturated rings. The van der Waals surface area contributed by atoms with E-state index in [9.17, 15) is 4.79 Å². The fraction of sp³-hybridized carbons (Fsp3) is 0.286. The van der Waals surface area contributed by atoms with Gasteiger partial charge < -0.3 is 9.42 Å². The van der Waals surface area contributed by atoms with E-state index in [2.05, 4.69) is 10.1 Å². The molecule has 3 aromatic rings. The number of likely N-dealkylation sites (tertiary alicyclic amines) is 1. The Hall–Kier alpha value is -2.66. The summed E-state index contributed by atoms with van der Waals surface area (Å²) in [6, 6.07) is 14.9. The van der Waals surface area contributed by atoms with Crippen molar-refractivity contribution in [1.82, 2.24) is 15.0 Å². The topological polar surface area (TPSA) is 59.2 Å². The standard InChI is InChI=1S/C21H20ClN3O2/c1-14-16(10-7-11-17(14)22)21(26)25-13-6-5-12-18(25)20-23-19(24-27-20)15-8-3-2-4-9-15/h2-4,7-11,18H,5-6,12-13H2,1H3/t18-/m0/s1. The summed E-state index contributed by atoms with van der Waals surface area (Å²) >= 11 is 6.21. The fourth-order valence-electron chi connectivity index (χ4n) is 3.50. The van der Waals surface area contributed by atoms with E-state index in [-0.39, 0.29) is 11.9 Å². The van der Waals surface area contributed by atoms with Gasteiger partial charge in [-0.15, -0.1) is 0 Å². The summed E-state index contributed by atoms with van der Waals surface area (Å²) in [5.74, 6) is 0.989. The summed E-state index contributed by atoms with van der Waals surface area (Å²) in [5, 5.41) is 4.71. The Morgan fingerprint density at radius 2 is 1.96 bits per heavy atom. The van der Waals surface area contributed by atoms with Crippen molar-refractivity contribution in [2.75, 3.05) is 6.54 Å². The van der Waals surface area contributed by atoms with Gasteiger partial charge in [-0.3, -0.25) is 4.79 Å². The molecule has 138 valence electrons. The van der Waals surface area contributed by atoms with Crippen LogP contribution in [0.15, 0.2) is 53.1 Å². The van der Waals surface area contributed by atoms with Crippen molar-refractivity contribution in [3.05, 3.63) is 70.6 Å². The zero-order valence-corrected chi connectivity index (χ0v) is 15.8. The van der Waals surface area contributed by atoms with E-state index in [0.29, 0.717) is 28.8 Å². The van der Waals surface area contributed by atoms with Crippen molar-refractivity contribution in [2.45, 2.75) is 32.2 Å². The molecule has 1 saturated heterocycles. The summed E-state index contributed by atoms with van der Waals surface area (Å²) in [7, 11) is 0. The van der Waals surface area contributed by atoms with Gasteiger partial charge in [-0.2, -0.15) is 4.98 Å². The predicted molar refractivity (Wildman–Crippen MR) is 104 cm³/mol. The zero-order valence-electron chi connectivity index (χ0n) is 15.1. The monoisotopic (exact) mass is 381 g/mol. The Kier molecular flexibility index (Phi) is 4.94. The summed E-state index contributed by atoms with van der Waals surface area (Å²) in [6.45, 7) is 2.53. The van der Waals surface area contributed by atoms with Gasteiger partial charge in [-0.25, -0.2) is 0 Å². The molecule has 0 radical (unpaired) electrons. The van der Waals surface area contributed by atoms with Crippen LogP contribution >= 0.6 is 11.6 Å². The van der Waals surface area contributed by atoms with E-state index < -0.39 is 0 Å². The van der Waals surface area contributed by atoms with Crippen LogP contribution < -0.4 is 0 Å². The molecule has 1 amide bonds. The molecule has 6 heteroatoms. The molecule has 2 aromatic carbocycles. The van der Waals surface area contributed by atoms with Crippen LogP contribution in [0.4, 0.5) is 0 Å². The number of rotatable bonds is 3. The van der Waals surface area contributed by atoms with E-state index in [0.717, 1.165) is 30.4 Å². The SMILES string of the molecule is Cc1c(Cl)cccc1C(=O)N1CCCC[C@H]1c1nc(-c2ccccc2)no1. The van der Waals surface area contributed by atoms with Crippen LogP contribution in [-0.2, 0) is 0 Å². The Morgan fingerprint density at radius 1 is 1.15 bits per heavy atom. The van der Waals surface area contributed by atoms with Gasteiger partial charge in [-0.05, 0) is 43.9 Å². The number of amides is 1. The van der Waals surface area contributed by atoms with Gasteiger partial charge in [0.15, 0.2) is 0 Å². The van der Waals surface area contributed by atoms with Crippen LogP contribution in [0.5, 0.6) is 0 Å². The van der Waals surface area contributed by atoms with Crippen LogP contribution in [0.1, 0.15) is 47.1 Å². The number of benzene rings is 2. The molecule has 0 aliphatic carbocycles. The van der Waals surface area contributed by atoms with Crippen molar-refractivity contribution in [3.8, 4) is 11.4 Å². The lowest BCUT2D eigenvalue weighted by atomic mass is 9.99.